The lowest BCUT2D eigenvalue weighted by atomic mass is 10.0. The van der Waals surface area contributed by atoms with Gasteiger partial charge >= 0.3 is 0 Å². The maximum Gasteiger partial charge on any atom is 0.191 e. The first-order valence-corrected chi connectivity index (χ1v) is 9.16. The van der Waals surface area contributed by atoms with Crippen LogP contribution in [0.2, 0.25) is 0 Å². The minimum absolute atomic E-state index is 0. The molecule has 0 saturated carbocycles. The van der Waals surface area contributed by atoms with Crippen LogP contribution in [-0.2, 0) is 11.2 Å². The van der Waals surface area contributed by atoms with Gasteiger partial charge in [-0.05, 0) is 26.0 Å². The molecule has 0 unspecified atom stereocenters. The van der Waals surface area contributed by atoms with E-state index in [-0.39, 0.29) is 29.5 Å². The van der Waals surface area contributed by atoms with Crippen molar-refractivity contribution in [1.29, 1.82) is 0 Å². The van der Waals surface area contributed by atoms with E-state index in [1.807, 2.05) is 28.8 Å². The number of morpholine rings is 1. The molecule has 0 aromatic carbocycles. The lowest BCUT2D eigenvalue weighted by Crippen LogP contribution is -2.56. The van der Waals surface area contributed by atoms with Crippen LogP contribution in [0.15, 0.2) is 29.4 Å². The third-order valence-electron chi connectivity index (χ3n) is 4.80. The number of aliphatic imine (C=N–C) groups is 1. The van der Waals surface area contributed by atoms with Crippen molar-refractivity contribution in [1.82, 2.24) is 30.1 Å². The summed E-state index contributed by atoms with van der Waals surface area (Å²) in [6.45, 7) is 9.63. The largest absolute Gasteiger partial charge is 0.379 e. The Balaban J connectivity index is 0.00000261. The fraction of sp³-hybridized carbons (Fsp3) is 0.611. The van der Waals surface area contributed by atoms with Gasteiger partial charge in [0.15, 0.2) is 11.6 Å². The van der Waals surface area contributed by atoms with Gasteiger partial charge in [0.2, 0.25) is 0 Å². The zero-order valence-electron chi connectivity index (χ0n) is 16.3. The minimum Gasteiger partial charge on any atom is -0.379 e. The molecule has 3 rings (SSSR count). The Bertz CT molecular complexity index is 740. The number of fused-ring (bicyclic) bond motifs is 1. The van der Waals surface area contributed by atoms with Crippen LogP contribution in [0.3, 0.4) is 0 Å². The van der Waals surface area contributed by atoms with E-state index in [1.165, 1.54) is 0 Å². The van der Waals surface area contributed by atoms with E-state index in [0.29, 0.717) is 0 Å². The second-order valence-electron chi connectivity index (χ2n) is 7.06. The van der Waals surface area contributed by atoms with Crippen LogP contribution < -0.4 is 10.6 Å². The highest BCUT2D eigenvalue weighted by Gasteiger charge is 2.28. The van der Waals surface area contributed by atoms with Crippen molar-refractivity contribution in [2.24, 2.45) is 4.99 Å². The smallest absolute Gasteiger partial charge is 0.191 e. The normalized spacial score (nSPS) is 16.2. The van der Waals surface area contributed by atoms with Crippen LogP contribution in [-0.4, -0.2) is 77.4 Å². The second-order valence-corrected chi connectivity index (χ2v) is 7.06. The molecule has 3 heterocycles. The van der Waals surface area contributed by atoms with Crippen LogP contribution in [0, 0.1) is 0 Å². The van der Waals surface area contributed by atoms with E-state index < -0.39 is 0 Å². The van der Waals surface area contributed by atoms with Crippen molar-refractivity contribution >= 4 is 35.6 Å². The van der Waals surface area contributed by atoms with Crippen LogP contribution in [0.5, 0.6) is 0 Å². The van der Waals surface area contributed by atoms with Gasteiger partial charge in [-0.25, -0.2) is 0 Å². The molecule has 1 aliphatic heterocycles. The SMILES string of the molecule is CN=C(NCCc1nnc2ccccn12)NCC(C)(C)N1CCOCC1.I. The highest BCUT2D eigenvalue weighted by molar-refractivity contribution is 14.0. The van der Waals surface area contributed by atoms with Crippen molar-refractivity contribution in [3.8, 4) is 0 Å². The molecule has 9 heteroatoms. The Kier molecular flexibility index (Phi) is 8.24. The molecule has 0 amide bonds. The Morgan fingerprint density at radius 1 is 1.22 bits per heavy atom. The monoisotopic (exact) mass is 487 g/mol. The molecule has 0 aliphatic carbocycles. The van der Waals surface area contributed by atoms with Gasteiger partial charge in [0.1, 0.15) is 5.82 Å². The number of nitrogens with zero attached hydrogens (tertiary/aromatic N) is 5. The number of nitrogens with one attached hydrogen (secondary N) is 2. The Morgan fingerprint density at radius 2 is 2.00 bits per heavy atom. The lowest BCUT2D eigenvalue weighted by molar-refractivity contribution is -0.00833. The standard InChI is InChI=1S/C18H29N7O.HI/c1-18(2,24-10-12-26-13-11-24)14-21-17(19-3)20-8-7-16-23-22-15-6-4-5-9-25(15)16;/h4-6,9H,7-8,10-14H2,1-3H3,(H2,19,20,21);1H. The van der Waals surface area contributed by atoms with E-state index in [2.05, 4.69) is 44.6 Å². The number of hydrogen-bond donors (Lipinski definition) is 2. The van der Waals surface area contributed by atoms with Crippen LogP contribution in [0.4, 0.5) is 0 Å². The molecule has 2 N–H and O–H groups in total. The Morgan fingerprint density at radius 3 is 2.74 bits per heavy atom. The van der Waals surface area contributed by atoms with Crippen molar-refractivity contribution in [2.75, 3.05) is 46.4 Å². The molecular formula is C18H30IN7O. The van der Waals surface area contributed by atoms with E-state index in [4.69, 9.17) is 4.74 Å². The molecule has 0 atom stereocenters. The van der Waals surface area contributed by atoms with Crippen molar-refractivity contribution in [3.05, 3.63) is 30.2 Å². The van der Waals surface area contributed by atoms with Gasteiger partial charge in [-0.15, -0.1) is 34.2 Å². The number of ether oxygens (including phenoxy) is 1. The zero-order chi connectivity index (χ0) is 18.4. The second kappa shape index (κ2) is 10.2. The van der Waals surface area contributed by atoms with Gasteiger partial charge in [-0.2, -0.15) is 0 Å². The summed E-state index contributed by atoms with van der Waals surface area (Å²) < 4.78 is 7.46. The van der Waals surface area contributed by atoms with E-state index in [1.54, 1.807) is 7.05 Å². The molecule has 0 spiro atoms. The van der Waals surface area contributed by atoms with Gasteiger partial charge in [0.05, 0.1) is 13.2 Å². The van der Waals surface area contributed by atoms with E-state index in [0.717, 1.165) is 63.2 Å². The highest BCUT2D eigenvalue weighted by atomic mass is 127. The molecule has 0 radical (unpaired) electrons. The fourth-order valence-electron chi connectivity index (χ4n) is 3.16. The molecule has 1 aliphatic rings. The zero-order valence-corrected chi connectivity index (χ0v) is 18.6. The fourth-order valence-corrected chi connectivity index (χ4v) is 3.16. The topological polar surface area (TPSA) is 79.1 Å². The highest BCUT2D eigenvalue weighted by Crippen LogP contribution is 2.14. The predicted octanol–water partition coefficient (Wildman–Crippen LogP) is 1.17. The Hall–Kier alpha value is -1.46. The lowest BCUT2D eigenvalue weighted by Gasteiger charge is -2.41. The van der Waals surface area contributed by atoms with Crippen LogP contribution >= 0.6 is 24.0 Å². The summed E-state index contributed by atoms with van der Waals surface area (Å²) in [5.41, 5.74) is 0.919. The third-order valence-corrected chi connectivity index (χ3v) is 4.80. The summed E-state index contributed by atoms with van der Waals surface area (Å²) in [4.78, 5) is 6.78. The number of halogens is 1. The summed E-state index contributed by atoms with van der Waals surface area (Å²) in [5, 5.41) is 15.2. The maximum atomic E-state index is 5.45. The van der Waals surface area contributed by atoms with E-state index >= 15 is 0 Å². The van der Waals surface area contributed by atoms with Crippen LogP contribution in [0.25, 0.3) is 5.65 Å². The molecule has 2 aromatic heterocycles. The van der Waals surface area contributed by atoms with Crippen molar-refractivity contribution < 1.29 is 4.74 Å². The molecule has 1 saturated heterocycles. The van der Waals surface area contributed by atoms with Gasteiger partial charge in [-0.3, -0.25) is 14.3 Å². The number of guanidine groups is 1. The predicted molar refractivity (Wildman–Crippen MR) is 118 cm³/mol. The first kappa shape index (κ1) is 21.8. The van der Waals surface area contributed by atoms with Gasteiger partial charge < -0.3 is 15.4 Å². The summed E-state index contributed by atoms with van der Waals surface area (Å²) in [6, 6.07) is 5.91. The van der Waals surface area contributed by atoms with Gasteiger partial charge in [0.25, 0.3) is 0 Å². The molecule has 8 nitrogen and oxygen atoms in total. The van der Waals surface area contributed by atoms with Crippen molar-refractivity contribution in [3.63, 3.8) is 0 Å². The van der Waals surface area contributed by atoms with Crippen molar-refractivity contribution in [2.45, 2.75) is 25.8 Å². The molecular weight excluding hydrogens is 457 g/mol. The summed E-state index contributed by atoms with van der Waals surface area (Å²) >= 11 is 0. The summed E-state index contributed by atoms with van der Waals surface area (Å²) in [6.07, 6.45) is 2.77. The molecule has 0 bridgehead atoms. The molecule has 150 valence electrons. The summed E-state index contributed by atoms with van der Waals surface area (Å²) in [7, 11) is 1.80. The molecule has 2 aromatic rings. The quantitative estimate of drug-likeness (QED) is 0.362. The maximum absolute atomic E-state index is 5.45. The minimum atomic E-state index is 0. The Labute approximate surface area is 177 Å². The van der Waals surface area contributed by atoms with Crippen LogP contribution in [0.1, 0.15) is 19.7 Å². The first-order chi connectivity index (χ1) is 12.6. The number of hydrogen-bond acceptors (Lipinski definition) is 5. The number of aromatic nitrogens is 3. The van der Waals surface area contributed by atoms with Gasteiger partial charge in [-0.1, -0.05) is 6.07 Å². The average Bonchev–Trinajstić information content (AvgIpc) is 3.08. The average molecular weight is 487 g/mol. The number of pyridine rings is 1. The number of rotatable bonds is 6. The van der Waals surface area contributed by atoms with Gasteiger partial charge in [0, 0.05) is 51.4 Å². The molecule has 1 fully saturated rings. The molecule has 27 heavy (non-hydrogen) atoms. The first-order valence-electron chi connectivity index (χ1n) is 9.16. The summed E-state index contributed by atoms with van der Waals surface area (Å²) in [5.74, 6) is 1.75. The third kappa shape index (κ3) is 5.76. The van der Waals surface area contributed by atoms with E-state index in [9.17, 15) is 0 Å².